The maximum absolute atomic E-state index is 12.7. The molecular formula is C23H19N3O3S2. The number of anilines is 1. The lowest BCUT2D eigenvalue weighted by molar-refractivity contribution is -0.115. The second-order valence-corrected chi connectivity index (χ2v) is 9.28. The zero-order valence-corrected chi connectivity index (χ0v) is 18.5. The molecule has 6 nitrogen and oxygen atoms in total. The zero-order chi connectivity index (χ0) is 22.0. The second-order valence-electron chi connectivity index (χ2n) is 6.92. The summed E-state index contributed by atoms with van der Waals surface area (Å²) in [6, 6.07) is 16.4. The number of nitrogens with zero attached hydrogens (tertiary/aromatic N) is 2. The van der Waals surface area contributed by atoms with Gasteiger partial charge >= 0.3 is 0 Å². The van der Waals surface area contributed by atoms with Gasteiger partial charge in [0.2, 0.25) is 5.91 Å². The number of aromatic hydroxyl groups is 1. The Labute approximate surface area is 187 Å². The molecule has 4 aromatic rings. The first-order valence-corrected chi connectivity index (χ1v) is 11.2. The van der Waals surface area contributed by atoms with Crippen LogP contribution >= 0.6 is 23.1 Å². The van der Waals surface area contributed by atoms with Crippen LogP contribution in [0, 0.1) is 6.92 Å². The van der Waals surface area contributed by atoms with Crippen molar-refractivity contribution in [2.75, 3.05) is 5.32 Å². The van der Waals surface area contributed by atoms with Crippen LogP contribution in [0.3, 0.4) is 0 Å². The molecule has 0 aliphatic rings. The number of carbonyl (C=O) groups excluding carboxylic acids is 2. The normalized spacial score (nSPS) is 11.9. The highest BCUT2D eigenvalue weighted by Gasteiger charge is 2.20. The molecule has 0 saturated heterocycles. The predicted molar refractivity (Wildman–Crippen MR) is 125 cm³/mol. The molecule has 0 fully saturated rings. The maximum atomic E-state index is 12.7. The number of aromatic nitrogens is 2. The van der Waals surface area contributed by atoms with E-state index in [0.717, 1.165) is 25.7 Å². The van der Waals surface area contributed by atoms with Crippen LogP contribution in [0.5, 0.6) is 5.75 Å². The van der Waals surface area contributed by atoms with E-state index >= 15 is 0 Å². The van der Waals surface area contributed by atoms with Crippen molar-refractivity contribution in [3.05, 3.63) is 66.0 Å². The van der Waals surface area contributed by atoms with Gasteiger partial charge in [-0.3, -0.25) is 9.59 Å². The highest BCUT2D eigenvalue weighted by molar-refractivity contribution is 8.00. The molecule has 1 amide bonds. The summed E-state index contributed by atoms with van der Waals surface area (Å²) >= 11 is 2.92. The zero-order valence-electron chi connectivity index (χ0n) is 16.8. The van der Waals surface area contributed by atoms with Gasteiger partial charge in [-0.25, -0.2) is 9.97 Å². The van der Waals surface area contributed by atoms with Crippen molar-refractivity contribution >= 4 is 51.2 Å². The largest absolute Gasteiger partial charge is 0.506 e. The number of phenols is 1. The molecule has 1 atom stereocenters. The summed E-state index contributed by atoms with van der Waals surface area (Å²) in [4.78, 5) is 34.8. The van der Waals surface area contributed by atoms with E-state index in [-0.39, 0.29) is 17.3 Å². The number of aryl methyl sites for hydroxylation is 1. The van der Waals surface area contributed by atoms with Gasteiger partial charge in [0, 0.05) is 15.8 Å². The Morgan fingerprint density at radius 2 is 1.94 bits per heavy atom. The molecule has 0 aliphatic heterocycles. The first-order valence-electron chi connectivity index (χ1n) is 9.54. The number of fused-ring (bicyclic) bond motifs is 1. The number of rotatable bonds is 6. The lowest BCUT2D eigenvalue weighted by atomic mass is 10.2. The first-order chi connectivity index (χ1) is 14.9. The van der Waals surface area contributed by atoms with Crippen molar-refractivity contribution < 1.29 is 14.7 Å². The van der Waals surface area contributed by atoms with Crippen LogP contribution in [0.15, 0.2) is 59.6 Å². The van der Waals surface area contributed by atoms with E-state index in [2.05, 4.69) is 21.4 Å². The number of thioether (sulfide) groups is 1. The summed E-state index contributed by atoms with van der Waals surface area (Å²) in [7, 11) is 0. The molecule has 31 heavy (non-hydrogen) atoms. The number of hydrogen-bond donors (Lipinski definition) is 2. The molecule has 0 saturated carbocycles. The fourth-order valence-corrected chi connectivity index (χ4v) is 5.13. The Kier molecular flexibility index (Phi) is 6.01. The number of phenolic OH excluding ortho intramolecular Hbond substituents is 1. The van der Waals surface area contributed by atoms with Crippen LogP contribution in [-0.4, -0.2) is 32.5 Å². The minimum Gasteiger partial charge on any atom is -0.506 e. The van der Waals surface area contributed by atoms with Gasteiger partial charge in [0.05, 0.1) is 10.9 Å². The Bertz CT molecular complexity index is 1270. The Morgan fingerprint density at radius 3 is 2.68 bits per heavy atom. The van der Waals surface area contributed by atoms with Gasteiger partial charge in [-0.05, 0) is 43.7 Å². The van der Waals surface area contributed by atoms with Crippen molar-refractivity contribution in [2.45, 2.75) is 24.1 Å². The maximum Gasteiger partial charge on any atom is 0.237 e. The molecule has 2 aromatic heterocycles. The summed E-state index contributed by atoms with van der Waals surface area (Å²) < 4.78 is 0. The van der Waals surface area contributed by atoms with Crippen LogP contribution < -0.4 is 5.32 Å². The van der Waals surface area contributed by atoms with E-state index in [4.69, 9.17) is 0 Å². The molecule has 2 heterocycles. The second kappa shape index (κ2) is 8.87. The molecule has 0 spiro atoms. The minimum absolute atomic E-state index is 0.0956. The SMILES string of the molecule is Cc1nc(SC(C)C(=O)Nc2cc(C=O)ccc2O)c2cc(-c3ccccc3)sc2n1. The molecule has 1 unspecified atom stereocenters. The van der Waals surface area contributed by atoms with Crippen molar-refractivity contribution in [2.24, 2.45) is 0 Å². The summed E-state index contributed by atoms with van der Waals surface area (Å²) in [5.74, 6) is 0.244. The summed E-state index contributed by atoms with van der Waals surface area (Å²) in [5, 5.41) is 13.8. The monoisotopic (exact) mass is 449 g/mol. The van der Waals surface area contributed by atoms with E-state index in [1.165, 1.54) is 30.0 Å². The summed E-state index contributed by atoms with van der Waals surface area (Å²) in [6.45, 7) is 3.60. The van der Waals surface area contributed by atoms with Crippen LogP contribution in [-0.2, 0) is 4.79 Å². The van der Waals surface area contributed by atoms with Crippen LogP contribution in [0.4, 0.5) is 5.69 Å². The number of carbonyl (C=O) groups is 2. The van der Waals surface area contributed by atoms with Gasteiger partial charge in [-0.2, -0.15) is 0 Å². The van der Waals surface area contributed by atoms with Crippen LogP contribution in [0.25, 0.3) is 20.7 Å². The molecule has 0 aliphatic carbocycles. The molecule has 2 N–H and O–H groups in total. The first kappa shape index (κ1) is 21.0. The van der Waals surface area contributed by atoms with Crippen molar-refractivity contribution in [1.82, 2.24) is 9.97 Å². The quantitative estimate of drug-likeness (QED) is 0.179. The molecular weight excluding hydrogens is 430 g/mol. The number of amides is 1. The molecule has 2 aromatic carbocycles. The third kappa shape index (κ3) is 4.60. The summed E-state index contributed by atoms with van der Waals surface area (Å²) in [5.41, 5.74) is 1.68. The third-order valence-corrected chi connectivity index (χ3v) is 6.78. The van der Waals surface area contributed by atoms with E-state index in [9.17, 15) is 14.7 Å². The minimum atomic E-state index is -0.489. The standard InChI is InChI=1S/C23H19N3O3S2/c1-13(21(29)26-18-10-15(12-27)8-9-19(18)28)30-22-17-11-20(16-6-4-3-5-7-16)31-23(17)25-14(2)24-22/h3-13,28H,1-2H3,(H,26,29). The van der Waals surface area contributed by atoms with Gasteiger partial charge in [0.1, 0.15) is 27.7 Å². The van der Waals surface area contributed by atoms with Crippen LogP contribution in [0.2, 0.25) is 0 Å². The fraction of sp³-hybridized carbons (Fsp3) is 0.130. The number of aldehydes is 1. The highest BCUT2D eigenvalue weighted by atomic mass is 32.2. The number of benzene rings is 2. The van der Waals surface area contributed by atoms with Gasteiger partial charge in [-0.15, -0.1) is 11.3 Å². The lowest BCUT2D eigenvalue weighted by Gasteiger charge is -2.13. The van der Waals surface area contributed by atoms with E-state index in [1.807, 2.05) is 37.3 Å². The lowest BCUT2D eigenvalue weighted by Crippen LogP contribution is -2.22. The predicted octanol–water partition coefficient (Wildman–Crippen LogP) is 5.30. The number of hydrogen-bond acceptors (Lipinski definition) is 7. The summed E-state index contributed by atoms with van der Waals surface area (Å²) in [6.07, 6.45) is 0.661. The molecule has 0 bridgehead atoms. The van der Waals surface area contributed by atoms with Gasteiger partial charge in [-0.1, -0.05) is 42.1 Å². The van der Waals surface area contributed by atoms with E-state index in [0.29, 0.717) is 17.7 Å². The number of nitrogens with one attached hydrogen (secondary N) is 1. The third-order valence-electron chi connectivity index (χ3n) is 4.60. The van der Waals surface area contributed by atoms with E-state index in [1.54, 1.807) is 18.3 Å². The van der Waals surface area contributed by atoms with Crippen molar-refractivity contribution in [3.8, 4) is 16.2 Å². The van der Waals surface area contributed by atoms with Crippen LogP contribution in [0.1, 0.15) is 23.1 Å². The Morgan fingerprint density at radius 1 is 1.16 bits per heavy atom. The molecule has 4 rings (SSSR count). The van der Waals surface area contributed by atoms with E-state index < -0.39 is 5.25 Å². The van der Waals surface area contributed by atoms with Gasteiger partial charge in [0.15, 0.2) is 0 Å². The number of thiophene rings is 1. The topological polar surface area (TPSA) is 92.2 Å². The highest BCUT2D eigenvalue weighted by Crippen LogP contribution is 2.38. The Hall–Kier alpha value is -3.23. The Balaban J connectivity index is 1.59. The fourth-order valence-electron chi connectivity index (χ4n) is 3.01. The van der Waals surface area contributed by atoms with Crippen molar-refractivity contribution in [3.63, 3.8) is 0 Å². The molecule has 156 valence electrons. The average Bonchev–Trinajstić information content (AvgIpc) is 3.20. The van der Waals surface area contributed by atoms with Gasteiger partial charge < -0.3 is 10.4 Å². The average molecular weight is 450 g/mol. The van der Waals surface area contributed by atoms with Gasteiger partial charge in [0.25, 0.3) is 0 Å². The molecule has 8 heteroatoms. The smallest absolute Gasteiger partial charge is 0.237 e. The van der Waals surface area contributed by atoms with Crippen molar-refractivity contribution in [1.29, 1.82) is 0 Å². The molecule has 0 radical (unpaired) electrons.